The number of benzene rings is 2. The largest absolute Gasteiger partial charge is 0.490 e. The molecule has 28 heavy (non-hydrogen) atoms. The van der Waals surface area contributed by atoms with Crippen LogP contribution in [0, 0.1) is 11.3 Å². The van der Waals surface area contributed by atoms with Crippen LogP contribution in [-0.2, 0) is 9.59 Å². The third-order valence-electron chi connectivity index (χ3n) is 4.12. The van der Waals surface area contributed by atoms with Crippen LogP contribution in [-0.4, -0.2) is 37.7 Å². The maximum atomic E-state index is 12.8. The summed E-state index contributed by atoms with van der Waals surface area (Å²) in [5.74, 6) is 0.112. The highest BCUT2D eigenvalue weighted by molar-refractivity contribution is 5.98. The Morgan fingerprint density at radius 3 is 2.75 bits per heavy atom. The predicted octanol–water partition coefficient (Wildman–Crippen LogP) is 1.62. The molecule has 1 unspecified atom stereocenters. The molecule has 8 heteroatoms. The number of para-hydroxylation sites is 2. The Bertz CT molecular complexity index is 938. The van der Waals surface area contributed by atoms with E-state index in [1.807, 2.05) is 13.0 Å². The molecule has 1 aliphatic rings. The van der Waals surface area contributed by atoms with Gasteiger partial charge in [-0.2, -0.15) is 5.26 Å². The van der Waals surface area contributed by atoms with Gasteiger partial charge in [0.2, 0.25) is 0 Å². The minimum atomic E-state index is -0.937. The van der Waals surface area contributed by atoms with E-state index in [-0.39, 0.29) is 19.1 Å². The van der Waals surface area contributed by atoms with E-state index in [2.05, 4.69) is 0 Å². The molecule has 1 heterocycles. The number of hydrogen-bond acceptors (Lipinski definition) is 6. The van der Waals surface area contributed by atoms with Gasteiger partial charge in [0.05, 0.1) is 30.5 Å². The normalized spacial score (nSPS) is 15.0. The Morgan fingerprint density at radius 2 is 2.04 bits per heavy atom. The van der Waals surface area contributed by atoms with Crippen LogP contribution >= 0.6 is 0 Å². The number of nitriles is 1. The number of nitrogens with two attached hydrogens (primary N) is 1. The lowest BCUT2D eigenvalue weighted by Gasteiger charge is -2.33. The van der Waals surface area contributed by atoms with E-state index in [9.17, 15) is 9.59 Å². The van der Waals surface area contributed by atoms with Gasteiger partial charge < -0.3 is 24.8 Å². The van der Waals surface area contributed by atoms with Crippen LogP contribution in [0.2, 0.25) is 0 Å². The summed E-state index contributed by atoms with van der Waals surface area (Å²) in [4.78, 5) is 25.8. The maximum absolute atomic E-state index is 12.8. The first-order valence-corrected chi connectivity index (χ1v) is 8.68. The van der Waals surface area contributed by atoms with E-state index < -0.39 is 12.0 Å². The van der Waals surface area contributed by atoms with Gasteiger partial charge in [0.25, 0.3) is 11.8 Å². The highest BCUT2D eigenvalue weighted by Crippen LogP contribution is 2.33. The molecule has 3 rings (SSSR count). The van der Waals surface area contributed by atoms with Crippen molar-refractivity contribution in [2.75, 3.05) is 24.7 Å². The molecule has 144 valence electrons. The number of anilines is 1. The molecule has 0 bridgehead atoms. The van der Waals surface area contributed by atoms with Crippen molar-refractivity contribution in [3.05, 3.63) is 48.0 Å². The molecular formula is C20H19N3O5. The van der Waals surface area contributed by atoms with Crippen molar-refractivity contribution in [2.24, 2.45) is 5.73 Å². The molecule has 8 nitrogen and oxygen atoms in total. The SMILES string of the molecule is CCOc1cc(C#N)ccc1OCC(=O)N1CC(C(N)=O)Oc2ccccc21. The van der Waals surface area contributed by atoms with E-state index in [4.69, 9.17) is 25.2 Å². The van der Waals surface area contributed by atoms with Crippen LogP contribution in [0.4, 0.5) is 5.69 Å². The van der Waals surface area contributed by atoms with Gasteiger partial charge in [-0.1, -0.05) is 12.1 Å². The number of rotatable bonds is 6. The second-order valence-corrected chi connectivity index (χ2v) is 5.98. The number of primary amides is 1. The van der Waals surface area contributed by atoms with Crippen LogP contribution in [0.15, 0.2) is 42.5 Å². The highest BCUT2D eigenvalue weighted by atomic mass is 16.5. The molecule has 2 amide bonds. The number of carbonyl (C=O) groups excluding carboxylic acids is 2. The number of nitrogens with zero attached hydrogens (tertiary/aromatic N) is 2. The third-order valence-corrected chi connectivity index (χ3v) is 4.12. The molecule has 0 spiro atoms. The van der Waals surface area contributed by atoms with E-state index in [0.717, 1.165) is 0 Å². The molecule has 2 aromatic carbocycles. The summed E-state index contributed by atoms with van der Waals surface area (Å²) in [6, 6.07) is 13.6. The fourth-order valence-corrected chi connectivity index (χ4v) is 2.80. The summed E-state index contributed by atoms with van der Waals surface area (Å²) in [5.41, 5.74) is 6.32. The molecule has 1 atom stereocenters. The van der Waals surface area contributed by atoms with Crippen molar-refractivity contribution in [2.45, 2.75) is 13.0 Å². The lowest BCUT2D eigenvalue weighted by Crippen LogP contribution is -2.50. The van der Waals surface area contributed by atoms with E-state index >= 15 is 0 Å². The Hall–Kier alpha value is -3.73. The molecule has 0 saturated heterocycles. The standard InChI is InChI=1S/C20H19N3O5/c1-2-26-17-9-13(10-21)7-8-16(17)27-12-19(24)23-11-18(20(22)25)28-15-6-4-3-5-14(15)23/h3-9,18H,2,11-12H2,1H3,(H2,22,25). The minimum Gasteiger partial charge on any atom is -0.490 e. The van der Waals surface area contributed by atoms with Gasteiger partial charge in [-0.05, 0) is 31.2 Å². The molecule has 0 aromatic heterocycles. The van der Waals surface area contributed by atoms with Crippen molar-refractivity contribution in [1.82, 2.24) is 0 Å². The van der Waals surface area contributed by atoms with Crippen molar-refractivity contribution in [3.8, 4) is 23.3 Å². The molecule has 0 fully saturated rings. The maximum Gasteiger partial charge on any atom is 0.265 e. The van der Waals surface area contributed by atoms with E-state index in [1.54, 1.807) is 42.5 Å². The van der Waals surface area contributed by atoms with Crippen LogP contribution in [0.1, 0.15) is 12.5 Å². The van der Waals surface area contributed by atoms with Crippen LogP contribution in [0.5, 0.6) is 17.2 Å². The number of fused-ring (bicyclic) bond motifs is 1. The van der Waals surface area contributed by atoms with Gasteiger partial charge in [0.15, 0.2) is 24.2 Å². The number of amides is 2. The van der Waals surface area contributed by atoms with Crippen LogP contribution < -0.4 is 24.8 Å². The third kappa shape index (κ3) is 3.99. The highest BCUT2D eigenvalue weighted by Gasteiger charge is 2.32. The van der Waals surface area contributed by atoms with Gasteiger partial charge in [0, 0.05) is 6.07 Å². The monoisotopic (exact) mass is 381 g/mol. The molecule has 0 saturated carbocycles. The topological polar surface area (TPSA) is 115 Å². The van der Waals surface area contributed by atoms with Gasteiger partial charge in [-0.15, -0.1) is 0 Å². The van der Waals surface area contributed by atoms with Gasteiger partial charge in [-0.25, -0.2) is 0 Å². The Morgan fingerprint density at radius 1 is 1.25 bits per heavy atom. The zero-order valence-corrected chi connectivity index (χ0v) is 15.3. The van der Waals surface area contributed by atoms with Crippen LogP contribution in [0.3, 0.4) is 0 Å². The quantitative estimate of drug-likeness (QED) is 0.813. The molecule has 2 N–H and O–H groups in total. The predicted molar refractivity (Wildman–Crippen MR) is 100 cm³/mol. The number of carbonyl (C=O) groups is 2. The second-order valence-electron chi connectivity index (χ2n) is 5.98. The zero-order chi connectivity index (χ0) is 20.1. The Labute approximate surface area is 162 Å². The fraction of sp³-hybridized carbons (Fsp3) is 0.250. The second kappa shape index (κ2) is 8.31. The molecular weight excluding hydrogens is 362 g/mol. The fourth-order valence-electron chi connectivity index (χ4n) is 2.80. The van der Waals surface area contributed by atoms with Crippen molar-refractivity contribution in [3.63, 3.8) is 0 Å². The lowest BCUT2D eigenvalue weighted by atomic mass is 10.2. The molecule has 0 aliphatic carbocycles. The van der Waals surface area contributed by atoms with E-state index in [0.29, 0.717) is 35.1 Å². The average Bonchev–Trinajstić information content (AvgIpc) is 2.71. The number of hydrogen-bond donors (Lipinski definition) is 1. The van der Waals surface area contributed by atoms with Gasteiger partial charge in [-0.3, -0.25) is 9.59 Å². The summed E-state index contributed by atoms with van der Waals surface area (Å²) in [7, 11) is 0. The van der Waals surface area contributed by atoms with Crippen molar-refractivity contribution in [1.29, 1.82) is 5.26 Å². The molecule has 0 radical (unpaired) electrons. The Balaban J connectivity index is 1.78. The zero-order valence-electron chi connectivity index (χ0n) is 15.3. The van der Waals surface area contributed by atoms with Gasteiger partial charge >= 0.3 is 0 Å². The van der Waals surface area contributed by atoms with Gasteiger partial charge in [0.1, 0.15) is 5.75 Å². The average molecular weight is 381 g/mol. The van der Waals surface area contributed by atoms with Crippen LogP contribution in [0.25, 0.3) is 0 Å². The first-order valence-electron chi connectivity index (χ1n) is 8.68. The summed E-state index contributed by atoms with van der Waals surface area (Å²) in [6.07, 6.45) is -0.937. The minimum absolute atomic E-state index is 0.000226. The lowest BCUT2D eigenvalue weighted by molar-refractivity contribution is -0.125. The summed E-state index contributed by atoms with van der Waals surface area (Å²) < 4.78 is 16.7. The number of ether oxygens (including phenoxy) is 3. The Kier molecular flexibility index (Phi) is 5.65. The molecule has 1 aliphatic heterocycles. The smallest absolute Gasteiger partial charge is 0.265 e. The summed E-state index contributed by atoms with van der Waals surface area (Å²) in [5, 5.41) is 9.02. The molecule has 2 aromatic rings. The van der Waals surface area contributed by atoms with Crippen molar-refractivity contribution >= 4 is 17.5 Å². The first-order chi connectivity index (χ1) is 13.5. The summed E-state index contributed by atoms with van der Waals surface area (Å²) in [6.45, 7) is 1.91. The first kappa shape index (κ1) is 19.0. The summed E-state index contributed by atoms with van der Waals surface area (Å²) >= 11 is 0. The van der Waals surface area contributed by atoms with E-state index in [1.165, 1.54) is 4.90 Å². The van der Waals surface area contributed by atoms with Crippen molar-refractivity contribution < 1.29 is 23.8 Å².